The van der Waals surface area contributed by atoms with Crippen molar-refractivity contribution in [3.63, 3.8) is 0 Å². The Hall–Kier alpha value is -0.680. The molecule has 1 aliphatic heterocycles. The number of aliphatic hydroxyl groups is 1. The molecule has 1 N–H and O–H groups in total. The first kappa shape index (κ1) is 15.7. The summed E-state index contributed by atoms with van der Waals surface area (Å²) in [5.74, 6) is 0.186. The Morgan fingerprint density at radius 1 is 1.20 bits per heavy atom. The maximum atomic E-state index is 12.0. The van der Waals surface area contributed by atoms with Crippen molar-refractivity contribution in [1.82, 2.24) is 4.90 Å². The SMILES string of the molecule is O=C(COc1cc(Cl)c(Cl)cc1Cl)N1CCC(O)CC1. The van der Waals surface area contributed by atoms with Gasteiger partial charge in [-0.2, -0.15) is 0 Å². The molecule has 1 saturated heterocycles. The Bertz CT molecular complexity index is 502. The molecule has 1 aliphatic rings. The summed E-state index contributed by atoms with van der Waals surface area (Å²) in [6.07, 6.45) is 0.878. The first-order valence-electron chi connectivity index (χ1n) is 6.20. The van der Waals surface area contributed by atoms with Gasteiger partial charge in [-0.25, -0.2) is 0 Å². The molecular formula is C13H14Cl3NO3. The van der Waals surface area contributed by atoms with Crippen LogP contribution < -0.4 is 4.74 Å². The summed E-state index contributed by atoms with van der Waals surface area (Å²) in [5.41, 5.74) is 0. The van der Waals surface area contributed by atoms with Crippen LogP contribution in [0, 0.1) is 0 Å². The average Bonchev–Trinajstić information content (AvgIpc) is 2.42. The van der Waals surface area contributed by atoms with E-state index in [1.54, 1.807) is 4.90 Å². The van der Waals surface area contributed by atoms with E-state index in [0.717, 1.165) is 0 Å². The second-order valence-corrected chi connectivity index (χ2v) is 5.82. The third-order valence-corrected chi connectivity index (χ3v) is 4.16. The van der Waals surface area contributed by atoms with Crippen molar-refractivity contribution in [2.75, 3.05) is 19.7 Å². The van der Waals surface area contributed by atoms with Crippen LogP contribution in [0.25, 0.3) is 0 Å². The van der Waals surface area contributed by atoms with Crippen LogP contribution in [-0.2, 0) is 4.79 Å². The summed E-state index contributed by atoms with van der Waals surface area (Å²) in [4.78, 5) is 13.6. The molecule has 0 spiro atoms. The van der Waals surface area contributed by atoms with Gasteiger partial charge >= 0.3 is 0 Å². The largest absolute Gasteiger partial charge is 0.482 e. The Balaban J connectivity index is 1.92. The minimum absolute atomic E-state index is 0.117. The number of likely N-dealkylation sites (tertiary alicyclic amines) is 1. The third kappa shape index (κ3) is 3.92. The van der Waals surface area contributed by atoms with E-state index in [4.69, 9.17) is 39.5 Å². The minimum atomic E-state index is -0.315. The summed E-state index contributed by atoms with van der Waals surface area (Å²) < 4.78 is 5.39. The molecule has 110 valence electrons. The van der Waals surface area contributed by atoms with Crippen LogP contribution in [0.1, 0.15) is 12.8 Å². The molecule has 20 heavy (non-hydrogen) atoms. The fourth-order valence-corrected chi connectivity index (χ4v) is 2.55. The van der Waals surface area contributed by atoms with Gasteiger partial charge in [-0.15, -0.1) is 0 Å². The molecule has 0 aromatic heterocycles. The zero-order valence-corrected chi connectivity index (χ0v) is 12.9. The quantitative estimate of drug-likeness (QED) is 0.862. The van der Waals surface area contributed by atoms with E-state index in [-0.39, 0.29) is 18.6 Å². The highest BCUT2D eigenvalue weighted by atomic mass is 35.5. The van der Waals surface area contributed by atoms with Gasteiger partial charge in [0.05, 0.1) is 21.2 Å². The lowest BCUT2D eigenvalue weighted by atomic mass is 10.1. The summed E-state index contributed by atoms with van der Waals surface area (Å²) >= 11 is 17.6. The number of halogens is 3. The molecule has 2 rings (SSSR count). The number of nitrogens with zero attached hydrogens (tertiary/aromatic N) is 1. The Morgan fingerprint density at radius 2 is 1.80 bits per heavy atom. The molecule has 1 amide bonds. The van der Waals surface area contributed by atoms with E-state index in [0.29, 0.717) is 46.7 Å². The molecule has 1 fully saturated rings. The molecule has 1 aromatic carbocycles. The number of hydrogen-bond acceptors (Lipinski definition) is 3. The molecule has 4 nitrogen and oxygen atoms in total. The second kappa shape index (κ2) is 6.85. The number of carbonyl (C=O) groups excluding carboxylic acids is 1. The van der Waals surface area contributed by atoms with Gasteiger partial charge < -0.3 is 14.7 Å². The summed E-state index contributed by atoms with van der Waals surface area (Å²) in [6.45, 7) is 0.963. The molecule has 0 saturated carbocycles. The van der Waals surface area contributed by atoms with Crippen LogP contribution in [0.2, 0.25) is 15.1 Å². The molecule has 7 heteroatoms. The van der Waals surface area contributed by atoms with Crippen molar-refractivity contribution < 1.29 is 14.6 Å². The van der Waals surface area contributed by atoms with Crippen LogP contribution in [0.5, 0.6) is 5.75 Å². The molecule has 0 unspecified atom stereocenters. The third-order valence-electron chi connectivity index (χ3n) is 3.14. The standard InChI is InChI=1S/C13H14Cl3NO3/c14-9-5-11(16)12(6-10(9)15)20-7-13(19)17-3-1-8(18)2-4-17/h5-6,8,18H,1-4,7H2. The van der Waals surface area contributed by atoms with Crippen LogP contribution in [0.15, 0.2) is 12.1 Å². The van der Waals surface area contributed by atoms with Gasteiger partial charge in [0, 0.05) is 19.2 Å². The van der Waals surface area contributed by atoms with Gasteiger partial charge in [0.15, 0.2) is 6.61 Å². The molecule has 0 radical (unpaired) electrons. The van der Waals surface area contributed by atoms with Crippen molar-refractivity contribution >= 4 is 40.7 Å². The Kier molecular flexibility index (Phi) is 5.38. The van der Waals surface area contributed by atoms with Gasteiger partial charge in [-0.05, 0) is 18.9 Å². The van der Waals surface area contributed by atoms with Crippen molar-refractivity contribution in [1.29, 1.82) is 0 Å². The van der Waals surface area contributed by atoms with Crippen LogP contribution in [0.4, 0.5) is 0 Å². The highest BCUT2D eigenvalue weighted by molar-refractivity contribution is 6.43. The maximum Gasteiger partial charge on any atom is 0.260 e. The summed E-state index contributed by atoms with van der Waals surface area (Å²) in [6, 6.07) is 2.96. The van der Waals surface area contributed by atoms with Crippen molar-refractivity contribution in [2.45, 2.75) is 18.9 Å². The highest BCUT2D eigenvalue weighted by Crippen LogP contribution is 2.33. The van der Waals surface area contributed by atoms with Crippen LogP contribution >= 0.6 is 34.8 Å². The minimum Gasteiger partial charge on any atom is -0.482 e. The second-order valence-electron chi connectivity index (χ2n) is 4.60. The topological polar surface area (TPSA) is 49.8 Å². The monoisotopic (exact) mass is 337 g/mol. The lowest BCUT2D eigenvalue weighted by Crippen LogP contribution is -2.42. The molecular weight excluding hydrogens is 325 g/mol. The maximum absolute atomic E-state index is 12.0. The van der Waals surface area contributed by atoms with Crippen LogP contribution in [-0.4, -0.2) is 41.7 Å². The van der Waals surface area contributed by atoms with Gasteiger partial charge in [-0.3, -0.25) is 4.79 Å². The number of benzene rings is 1. The smallest absolute Gasteiger partial charge is 0.260 e. The van der Waals surface area contributed by atoms with E-state index in [1.165, 1.54) is 12.1 Å². The lowest BCUT2D eigenvalue weighted by molar-refractivity contribution is -0.135. The van der Waals surface area contributed by atoms with E-state index < -0.39 is 0 Å². The Morgan fingerprint density at radius 3 is 2.45 bits per heavy atom. The number of rotatable bonds is 3. The molecule has 1 aromatic rings. The summed E-state index contributed by atoms with van der Waals surface area (Å²) in [7, 11) is 0. The summed E-state index contributed by atoms with van der Waals surface area (Å²) in [5, 5.41) is 10.4. The van der Waals surface area contributed by atoms with E-state index >= 15 is 0 Å². The van der Waals surface area contributed by atoms with E-state index in [2.05, 4.69) is 0 Å². The van der Waals surface area contributed by atoms with E-state index in [9.17, 15) is 9.90 Å². The lowest BCUT2D eigenvalue weighted by Gasteiger charge is -2.29. The number of hydrogen-bond donors (Lipinski definition) is 1. The number of amides is 1. The number of carbonyl (C=O) groups is 1. The van der Waals surface area contributed by atoms with Crippen LogP contribution in [0.3, 0.4) is 0 Å². The molecule has 1 heterocycles. The molecule has 0 bridgehead atoms. The zero-order valence-electron chi connectivity index (χ0n) is 10.6. The number of aliphatic hydroxyl groups excluding tert-OH is 1. The van der Waals surface area contributed by atoms with Gasteiger partial charge in [0.2, 0.25) is 0 Å². The number of ether oxygens (including phenoxy) is 1. The first-order valence-corrected chi connectivity index (χ1v) is 7.34. The van der Waals surface area contributed by atoms with E-state index in [1.807, 2.05) is 0 Å². The fraction of sp³-hybridized carbons (Fsp3) is 0.462. The molecule has 0 atom stereocenters. The van der Waals surface area contributed by atoms with Crippen molar-refractivity contribution in [2.24, 2.45) is 0 Å². The molecule has 0 aliphatic carbocycles. The van der Waals surface area contributed by atoms with Crippen molar-refractivity contribution in [3.05, 3.63) is 27.2 Å². The predicted octanol–water partition coefficient (Wildman–Crippen LogP) is 3.01. The van der Waals surface area contributed by atoms with Gasteiger partial charge in [0.1, 0.15) is 5.75 Å². The first-order chi connectivity index (χ1) is 9.47. The average molecular weight is 339 g/mol. The van der Waals surface area contributed by atoms with Gasteiger partial charge in [-0.1, -0.05) is 34.8 Å². The highest BCUT2D eigenvalue weighted by Gasteiger charge is 2.21. The number of piperidine rings is 1. The zero-order chi connectivity index (χ0) is 14.7. The Labute approximate surface area is 132 Å². The van der Waals surface area contributed by atoms with Gasteiger partial charge in [0.25, 0.3) is 5.91 Å². The predicted molar refractivity (Wildman–Crippen MR) is 78.8 cm³/mol. The fourth-order valence-electron chi connectivity index (χ4n) is 1.96. The van der Waals surface area contributed by atoms with Crippen molar-refractivity contribution in [3.8, 4) is 5.75 Å². The normalized spacial score (nSPS) is 16.3.